The number of thioether (sulfide) groups is 1. The number of rotatable bonds is 4. The van der Waals surface area contributed by atoms with Crippen LogP contribution in [0.15, 0.2) is 18.2 Å². The molecule has 0 radical (unpaired) electrons. The van der Waals surface area contributed by atoms with E-state index >= 15 is 0 Å². The van der Waals surface area contributed by atoms with Gasteiger partial charge >= 0.3 is 12.3 Å². The van der Waals surface area contributed by atoms with Gasteiger partial charge in [-0.2, -0.15) is 24.9 Å². The summed E-state index contributed by atoms with van der Waals surface area (Å²) in [6, 6.07) is 2.75. The number of carbonyl (C=O) groups excluding carboxylic acids is 1. The first kappa shape index (κ1) is 18.9. The molecular formula is C16H20F3NO3S. The van der Waals surface area contributed by atoms with E-state index in [1.165, 1.54) is 22.7 Å². The molecule has 1 heterocycles. The Morgan fingerprint density at radius 2 is 2.17 bits per heavy atom. The molecule has 2 rings (SSSR count). The summed E-state index contributed by atoms with van der Waals surface area (Å²) in [5.41, 5.74) is -0.454. The fourth-order valence-corrected chi connectivity index (χ4v) is 3.03. The normalized spacial score (nSPS) is 20.7. The van der Waals surface area contributed by atoms with Crippen LogP contribution in [0.3, 0.4) is 0 Å². The molecule has 1 aliphatic heterocycles. The van der Waals surface area contributed by atoms with Gasteiger partial charge < -0.3 is 9.84 Å². The number of aliphatic hydroxyl groups is 1. The van der Waals surface area contributed by atoms with E-state index in [4.69, 9.17) is 4.74 Å². The highest BCUT2D eigenvalue weighted by atomic mass is 32.2. The first-order valence-electron chi connectivity index (χ1n) is 7.63. The molecule has 8 heteroatoms. The standard InChI is InChI=1S/C16H20F3NO3S/c1-3-11-9-14(21)12-8-10(16(17,18)19)4-5-13(12)20(11)15(22)23-6-7-24-2/h4-5,8,11,14,21H,3,6-7,9H2,1-2H3. The average Bonchev–Trinajstić information content (AvgIpc) is 2.53. The number of benzene rings is 1. The number of halogens is 3. The van der Waals surface area contributed by atoms with Crippen molar-refractivity contribution in [3.63, 3.8) is 0 Å². The molecular weight excluding hydrogens is 343 g/mol. The van der Waals surface area contributed by atoms with E-state index in [-0.39, 0.29) is 30.3 Å². The molecule has 0 fully saturated rings. The van der Waals surface area contributed by atoms with E-state index in [0.29, 0.717) is 12.2 Å². The predicted octanol–water partition coefficient (Wildman–Crippen LogP) is 4.23. The van der Waals surface area contributed by atoms with Gasteiger partial charge in [0.05, 0.1) is 17.4 Å². The summed E-state index contributed by atoms with van der Waals surface area (Å²) in [4.78, 5) is 13.7. The molecule has 0 saturated carbocycles. The maximum atomic E-state index is 12.9. The summed E-state index contributed by atoms with van der Waals surface area (Å²) in [6.07, 6.45) is -3.50. The van der Waals surface area contributed by atoms with Gasteiger partial charge in [0, 0.05) is 17.4 Å². The lowest BCUT2D eigenvalue weighted by atomic mass is 9.91. The average molecular weight is 363 g/mol. The topological polar surface area (TPSA) is 49.8 Å². The second-order valence-electron chi connectivity index (χ2n) is 5.56. The summed E-state index contributed by atoms with van der Waals surface area (Å²) in [5, 5.41) is 10.2. The Bertz CT molecular complexity index is 594. The molecule has 134 valence electrons. The van der Waals surface area contributed by atoms with Crippen LogP contribution in [-0.2, 0) is 10.9 Å². The second-order valence-corrected chi connectivity index (χ2v) is 6.55. The molecule has 1 amide bonds. The Labute approximate surface area is 143 Å². The summed E-state index contributed by atoms with van der Waals surface area (Å²) in [5.74, 6) is 0.638. The number of ether oxygens (including phenoxy) is 1. The van der Waals surface area contributed by atoms with Crippen LogP contribution in [0.1, 0.15) is 37.0 Å². The lowest BCUT2D eigenvalue weighted by Gasteiger charge is -2.38. The molecule has 0 aromatic heterocycles. The van der Waals surface area contributed by atoms with Crippen LogP contribution in [0, 0.1) is 0 Å². The third-order valence-electron chi connectivity index (χ3n) is 4.01. The first-order chi connectivity index (χ1) is 11.3. The third-order valence-corrected chi connectivity index (χ3v) is 4.59. The minimum Gasteiger partial charge on any atom is -0.448 e. The molecule has 24 heavy (non-hydrogen) atoms. The number of amides is 1. The Morgan fingerprint density at radius 1 is 1.46 bits per heavy atom. The Balaban J connectivity index is 2.37. The van der Waals surface area contributed by atoms with Crippen LogP contribution in [-0.4, -0.2) is 35.9 Å². The second kappa shape index (κ2) is 7.65. The van der Waals surface area contributed by atoms with Crippen LogP contribution in [0.25, 0.3) is 0 Å². The predicted molar refractivity (Wildman–Crippen MR) is 87.3 cm³/mol. The minimum atomic E-state index is -4.50. The molecule has 2 atom stereocenters. The van der Waals surface area contributed by atoms with E-state index < -0.39 is 23.9 Å². The summed E-state index contributed by atoms with van der Waals surface area (Å²) < 4.78 is 43.9. The van der Waals surface area contributed by atoms with E-state index in [0.717, 1.165) is 12.1 Å². The molecule has 1 aromatic carbocycles. The molecule has 1 aromatic rings. The zero-order valence-corrected chi connectivity index (χ0v) is 14.3. The van der Waals surface area contributed by atoms with Gasteiger partial charge in [0.1, 0.15) is 6.61 Å². The Morgan fingerprint density at radius 3 is 2.75 bits per heavy atom. The molecule has 1 N–H and O–H groups in total. The molecule has 0 bridgehead atoms. The first-order valence-corrected chi connectivity index (χ1v) is 9.03. The number of hydrogen-bond acceptors (Lipinski definition) is 4. The van der Waals surface area contributed by atoms with E-state index in [2.05, 4.69) is 0 Å². The molecule has 2 unspecified atom stereocenters. The number of anilines is 1. The Kier molecular flexibility index (Phi) is 6.03. The van der Waals surface area contributed by atoms with Crippen molar-refractivity contribution < 1.29 is 27.8 Å². The van der Waals surface area contributed by atoms with Crippen molar-refractivity contribution >= 4 is 23.5 Å². The zero-order valence-electron chi connectivity index (χ0n) is 13.5. The molecule has 1 aliphatic rings. The van der Waals surface area contributed by atoms with Crippen molar-refractivity contribution in [3.05, 3.63) is 29.3 Å². The van der Waals surface area contributed by atoms with Crippen molar-refractivity contribution in [2.24, 2.45) is 0 Å². The van der Waals surface area contributed by atoms with Crippen LogP contribution in [0.4, 0.5) is 23.7 Å². The maximum Gasteiger partial charge on any atom is 0.416 e. The van der Waals surface area contributed by atoms with Crippen molar-refractivity contribution in [2.75, 3.05) is 23.5 Å². The van der Waals surface area contributed by atoms with Crippen molar-refractivity contribution in [2.45, 2.75) is 38.1 Å². The molecule has 0 spiro atoms. The highest BCUT2D eigenvalue weighted by Crippen LogP contribution is 2.41. The highest BCUT2D eigenvalue weighted by Gasteiger charge is 2.38. The van der Waals surface area contributed by atoms with Gasteiger partial charge in [-0.25, -0.2) is 4.79 Å². The number of aliphatic hydroxyl groups excluding tert-OH is 1. The highest BCUT2D eigenvalue weighted by molar-refractivity contribution is 7.98. The van der Waals surface area contributed by atoms with Gasteiger partial charge in [0.15, 0.2) is 0 Å². The zero-order chi connectivity index (χ0) is 17.9. The molecule has 0 aliphatic carbocycles. The number of nitrogens with zero attached hydrogens (tertiary/aromatic N) is 1. The fraction of sp³-hybridized carbons (Fsp3) is 0.562. The van der Waals surface area contributed by atoms with Gasteiger partial charge in [0.25, 0.3) is 0 Å². The lowest BCUT2D eigenvalue weighted by Crippen LogP contribution is -2.45. The van der Waals surface area contributed by atoms with Gasteiger partial charge in [0.2, 0.25) is 0 Å². The SMILES string of the molecule is CCC1CC(O)c2cc(C(F)(F)F)ccc2N1C(=O)OCCSC. The van der Waals surface area contributed by atoms with Gasteiger partial charge in [-0.3, -0.25) is 4.90 Å². The van der Waals surface area contributed by atoms with Crippen molar-refractivity contribution in [1.29, 1.82) is 0 Å². The van der Waals surface area contributed by atoms with Gasteiger partial charge in [-0.15, -0.1) is 0 Å². The van der Waals surface area contributed by atoms with Crippen molar-refractivity contribution in [1.82, 2.24) is 0 Å². The monoisotopic (exact) mass is 363 g/mol. The van der Waals surface area contributed by atoms with Gasteiger partial charge in [-0.05, 0) is 37.3 Å². The minimum absolute atomic E-state index is 0.108. The maximum absolute atomic E-state index is 12.9. The number of fused-ring (bicyclic) bond motifs is 1. The Hall–Kier alpha value is -1.41. The van der Waals surface area contributed by atoms with Crippen molar-refractivity contribution in [3.8, 4) is 0 Å². The number of hydrogen-bond donors (Lipinski definition) is 1. The lowest BCUT2D eigenvalue weighted by molar-refractivity contribution is -0.137. The van der Waals surface area contributed by atoms with Crippen LogP contribution >= 0.6 is 11.8 Å². The van der Waals surface area contributed by atoms with Crippen LogP contribution < -0.4 is 4.90 Å². The summed E-state index contributed by atoms with van der Waals surface area (Å²) in [6.45, 7) is 2.08. The van der Waals surface area contributed by atoms with Crippen LogP contribution in [0.2, 0.25) is 0 Å². The fourth-order valence-electron chi connectivity index (χ4n) is 2.78. The van der Waals surface area contributed by atoms with Gasteiger partial charge in [-0.1, -0.05) is 6.92 Å². The number of alkyl halides is 3. The summed E-state index contributed by atoms with van der Waals surface area (Å²) >= 11 is 1.53. The quantitative estimate of drug-likeness (QED) is 0.814. The largest absolute Gasteiger partial charge is 0.448 e. The van der Waals surface area contributed by atoms with Crippen LogP contribution in [0.5, 0.6) is 0 Å². The van der Waals surface area contributed by atoms with E-state index in [1.807, 2.05) is 13.2 Å². The molecule has 4 nitrogen and oxygen atoms in total. The van der Waals surface area contributed by atoms with E-state index in [9.17, 15) is 23.1 Å². The summed E-state index contributed by atoms with van der Waals surface area (Å²) in [7, 11) is 0. The van der Waals surface area contributed by atoms with E-state index in [1.54, 1.807) is 0 Å². The smallest absolute Gasteiger partial charge is 0.416 e. The number of carbonyl (C=O) groups is 1. The third kappa shape index (κ3) is 3.97. The molecule has 0 saturated heterocycles.